The van der Waals surface area contributed by atoms with Gasteiger partial charge in [-0.2, -0.15) is 0 Å². The maximum atomic E-state index is 13.1. The summed E-state index contributed by atoms with van der Waals surface area (Å²) in [4.78, 5) is 11.9. The predicted molar refractivity (Wildman–Crippen MR) is 74.6 cm³/mol. The summed E-state index contributed by atoms with van der Waals surface area (Å²) in [5.41, 5.74) is 0.372. The number of hydrogen-bond donors (Lipinski definition) is 2. The highest BCUT2D eigenvalue weighted by Crippen LogP contribution is 2.18. The molecule has 0 bridgehead atoms. The maximum Gasteiger partial charge on any atom is 0.251 e. The second-order valence-corrected chi connectivity index (χ2v) is 4.89. The molecule has 2 N–H and O–H groups in total. The average molecular weight is 309 g/mol. The Morgan fingerprint density at radius 2 is 1.68 bits per heavy atom. The molecule has 2 unspecified atom stereocenters. The van der Waals surface area contributed by atoms with Crippen LogP contribution in [0.5, 0.6) is 0 Å². The van der Waals surface area contributed by atoms with Crippen molar-refractivity contribution in [2.24, 2.45) is 0 Å². The van der Waals surface area contributed by atoms with E-state index in [9.17, 15) is 23.1 Å². The molecule has 0 radical (unpaired) electrons. The Balaban J connectivity index is 2.07. The lowest BCUT2D eigenvalue weighted by atomic mass is 10.0. The quantitative estimate of drug-likeness (QED) is 0.912. The first kappa shape index (κ1) is 16.0. The number of nitrogens with one attached hydrogen (secondary N) is 1. The molecular weight excluding hydrogens is 295 g/mol. The van der Waals surface area contributed by atoms with Gasteiger partial charge < -0.3 is 10.4 Å². The van der Waals surface area contributed by atoms with Crippen LogP contribution in [-0.4, -0.2) is 17.1 Å². The van der Waals surface area contributed by atoms with Gasteiger partial charge in [0.15, 0.2) is 11.6 Å². The molecule has 2 atom stereocenters. The number of benzene rings is 2. The van der Waals surface area contributed by atoms with Crippen molar-refractivity contribution in [3.63, 3.8) is 0 Å². The third-order valence-corrected chi connectivity index (χ3v) is 3.23. The fourth-order valence-corrected chi connectivity index (χ4v) is 1.96. The van der Waals surface area contributed by atoms with Gasteiger partial charge in [-0.1, -0.05) is 12.1 Å². The van der Waals surface area contributed by atoms with Gasteiger partial charge in [0.2, 0.25) is 0 Å². The maximum absolute atomic E-state index is 13.1. The van der Waals surface area contributed by atoms with Gasteiger partial charge in [0.05, 0.1) is 12.1 Å². The van der Waals surface area contributed by atoms with Crippen LogP contribution in [0.1, 0.15) is 28.9 Å². The largest absolute Gasteiger partial charge is 0.386 e. The molecule has 2 aromatic carbocycles. The van der Waals surface area contributed by atoms with Crippen molar-refractivity contribution in [2.45, 2.75) is 19.1 Å². The van der Waals surface area contributed by atoms with Crippen molar-refractivity contribution in [3.8, 4) is 0 Å². The number of carbonyl (C=O) groups is 1. The van der Waals surface area contributed by atoms with Crippen molar-refractivity contribution in [2.75, 3.05) is 0 Å². The van der Waals surface area contributed by atoms with Crippen LogP contribution in [0.2, 0.25) is 0 Å². The summed E-state index contributed by atoms with van der Waals surface area (Å²) < 4.78 is 38.8. The van der Waals surface area contributed by atoms with Gasteiger partial charge in [0, 0.05) is 5.56 Å². The summed E-state index contributed by atoms with van der Waals surface area (Å²) in [5.74, 6) is -3.25. The fraction of sp³-hybridized carbons (Fsp3) is 0.188. The van der Waals surface area contributed by atoms with Crippen molar-refractivity contribution in [1.29, 1.82) is 0 Å². The Morgan fingerprint density at radius 3 is 2.27 bits per heavy atom. The van der Waals surface area contributed by atoms with Crippen molar-refractivity contribution >= 4 is 5.91 Å². The third-order valence-electron chi connectivity index (χ3n) is 3.23. The molecule has 0 spiro atoms. The minimum Gasteiger partial charge on any atom is -0.386 e. The van der Waals surface area contributed by atoms with Crippen molar-refractivity contribution < 1.29 is 23.1 Å². The summed E-state index contributed by atoms with van der Waals surface area (Å²) >= 11 is 0. The highest BCUT2D eigenvalue weighted by molar-refractivity contribution is 5.94. The van der Waals surface area contributed by atoms with E-state index in [1.165, 1.54) is 24.3 Å². The van der Waals surface area contributed by atoms with E-state index < -0.39 is 35.5 Å². The fourth-order valence-electron chi connectivity index (χ4n) is 1.96. The van der Waals surface area contributed by atoms with Gasteiger partial charge in [-0.25, -0.2) is 13.2 Å². The van der Waals surface area contributed by atoms with Gasteiger partial charge in [-0.15, -0.1) is 0 Å². The van der Waals surface area contributed by atoms with Crippen LogP contribution in [-0.2, 0) is 0 Å². The van der Waals surface area contributed by atoms with Gasteiger partial charge in [0.1, 0.15) is 5.82 Å². The molecular formula is C16H14F3NO2. The van der Waals surface area contributed by atoms with Crippen LogP contribution < -0.4 is 5.32 Å². The molecule has 0 aliphatic heterocycles. The minimum absolute atomic E-state index is 0.0583. The number of aliphatic hydroxyl groups excluding tert-OH is 1. The first-order valence-corrected chi connectivity index (χ1v) is 6.58. The Kier molecular flexibility index (Phi) is 4.82. The normalized spacial score (nSPS) is 13.5. The van der Waals surface area contributed by atoms with Crippen LogP contribution in [0.25, 0.3) is 0 Å². The highest BCUT2D eigenvalue weighted by atomic mass is 19.2. The Hall–Kier alpha value is -2.34. The van der Waals surface area contributed by atoms with E-state index in [1.54, 1.807) is 6.92 Å². The monoisotopic (exact) mass is 309 g/mol. The van der Waals surface area contributed by atoms with Gasteiger partial charge in [-0.05, 0) is 42.8 Å². The molecule has 0 aliphatic rings. The smallest absolute Gasteiger partial charge is 0.251 e. The zero-order chi connectivity index (χ0) is 16.3. The molecule has 0 fully saturated rings. The van der Waals surface area contributed by atoms with Gasteiger partial charge in [-0.3, -0.25) is 4.79 Å². The zero-order valence-corrected chi connectivity index (χ0v) is 11.7. The third kappa shape index (κ3) is 3.65. The summed E-state index contributed by atoms with van der Waals surface area (Å²) in [5, 5.41) is 12.6. The lowest BCUT2D eigenvalue weighted by Gasteiger charge is -2.20. The van der Waals surface area contributed by atoms with Crippen LogP contribution in [0.4, 0.5) is 13.2 Å². The summed E-state index contributed by atoms with van der Waals surface area (Å²) in [6, 6.07) is 7.27. The van der Waals surface area contributed by atoms with Crippen LogP contribution >= 0.6 is 0 Å². The lowest BCUT2D eigenvalue weighted by Crippen LogP contribution is -2.37. The van der Waals surface area contributed by atoms with E-state index in [2.05, 4.69) is 5.32 Å². The van der Waals surface area contributed by atoms with E-state index >= 15 is 0 Å². The molecule has 2 rings (SSSR count). The molecule has 22 heavy (non-hydrogen) atoms. The predicted octanol–water partition coefficient (Wildman–Crippen LogP) is 2.96. The Labute approximate surface area is 125 Å². The topological polar surface area (TPSA) is 49.3 Å². The molecule has 1 amide bonds. The second-order valence-electron chi connectivity index (χ2n) is 4.89. The van der Waals surface area contributed by atoms with E-state index in [0.29, 0.717) is 5.56 Å². The first-order chi connectivity index (χ1) is 10.4. The zero-order valence-electron chi connectivity index (χ0n) is 11.7. The molecule has 3 nitrogen and oxygen atoms in total. The van der Waals surface area contributed by atoms with Gasteiger partial charge in [0.25, 0.3) is 5.91 Å². The number of halogens is 3. The number of aliphatic hydroxyl groups is 1. The molecule has 6 heteroatoms. The molecule has 0 aliphatic carbocycles. The second kappa shape index (κ2) is 6.62. The van der Waals surface area contributed by atoms with Crippen molar-refractivity contribution in [3.05, 3.63) is 71.0 Å². The molecule has 0 heterocycles. The van der Waals surface area contributed by atoms with Crippen LogP contribution in [0.3, 0.4) is 0 Å². The SMILES string of the molecule is CC(NC(=O)c1ccc(F)c(F)c1)C(O)c1ccc(F)cc1. The van der Waals surface area contributed by atoms with Crippen molar-refractivity contribution in [1.82, 2.24) is 5.32 Å². The van der Waals surface area contributed by atoms with E-state index in [-0.39, 0.29) is 5.56 Å². The van der Waals surface area contributed by atoms with Gasteiger partial charge >= 0.3 is 0 Å². The van der Waals surface area contributed by atoms with E-state index in [4.69, 9.17) is 0 Å². The number of amides is 1. The Bertz CT molecular complexity index is 674. The highest BCUT2D eigenvalue weighted by Gasteiger charge is 2.19. The van der Waals surface area contributed by atoms with Crippen LogP contribution in [0.15, 0.2) is 42.5 Å². The summed E-state index contributed by atoms with van der Waals surface area (Å²) in [6.07, 6.45) is -1.06. The Morgan fingerprint density at radius 1 is 1.05 bits per heavy atom. The van der Waals surface area contributed by atoms with E-state index in [0.717, 1.165) is 18.2 Å². The number of carbonyl (C=O) groups excluding carboxylic acids is 1. The first-order valence-electron chi connectivity index (χ1n) is 6.58. The minimum atomic E-state index is -1.13. The summed E-state index contributed by atoms with van der Waals surface area (Å²) in [7, 11) is 0. The molecule has 116 valence electrons. The summed E-state index contributed by atoms with van der Waals surface area (Å²) in [6.45, 7) is 1.55. The standard InChI is InChI=1S/C16H14F3NO2/c1-9(15(21)10-2-5-12(17)6-3-10)20-16(22)11-4-7-13(18)14(19)8-11/h2-9,15,21H,1H3,(H,20,22). The van der Waals surface area contributed by atoms with Crippen LogP contribution in [0, 0.1) is 17.5 Å². The number of hydrogen-bond acceptors (Lipinski definition) is 2. The number of rotatable bonds is 4. The molecule has 0 saturated heterocycles. The average Bonchev–Trinajstić information content (AvgIpc) is 2.50. The molecule has 0 saturated carbocycles. The van der Waals surface area contributed by atoms with E-state index in [1.807, 2.05) is 0 Å². The molecule has 0 aromatic heterocycles. The lowest BCUT2D eigenvalue weighted by molar-refractivity contribution is 0.0851. The molecule has 2 aromatic rings.